The molecule has 3 heterocycles. The summed E-state index contributed by atoms with van der Waals surface area (Å²) in [6.07, 6.45) is 4.25. The fourth-order valence-electron chi connectivity index (χ4n) is 6.31. The first kappa shape index (κ1) is 32.5. The van der Waals surface area contributed by atoms with Crippen LogP contribution in [0.5, 0.6) is 0 Å². The largest absolute Gasteiger partial charge is 0.481 e. The van der Waals surface area contributed by atoms with E-state index < -0.39 is 56.0 Å². The molecule has 44 heavy (non-hydrogen) atoms. The van der Waals surface area contributed by atoms with Gasteiger partial charge in [-0.15, -0.1) is 11.3 Å². The van der Waals surface area contributed by atoms with Gasteiger partial charge in [0.15, 0.2) is 22.5 Å². The molecule has 2 aromatic rings. The van der Waals surface area contributed by atoms with Gasteiger partial charge in [-0.25, -0.2) is 31.3 Å². The van der Waals surface area contributed by atoms with Crippen molar-refractivity contribution in [3.8, 4) is 0 Å². The van der Waals surface area contributed by atoms with Gasteiger partial charge in [0, 0.05) is 41.8 Å². The number of benzene rings is 1. The summed E-state index contributed by atoms with van der Waals surface area (Å²) in [5.41, 5.74) is 0.0804. The first-order valence-electron chi connectivity index (χ1n) is 14.2. The molecule has 3 aliphatic rings. The van der Waals surface area contributed by atoms with E-state index in [1.165, 1.54) is 28.8 Å². The van der Waals surface area contributed by atoms with Crippen molar-refractivity contribution in [2.45, 2.75) is 51.5 Å². The van der Waals surface area contributed by atoms with Crippen LogP contribution in [0.2, 0.25) is 5.02 Å². The number of nitrogens with zero attached hydrogens (tertiary/aromatic N) is 3. The molecule has 2 aliphatic heterocycles. The number of carboxylic acids is 1. The van der Waals surface area contributed by atoms with Crippen molar-refractivity contribution in [1.82, 2.24) is 14.6 Å². The van der Waals surface area contributed by atoms with Gasteiger partial charge in [0.05, 0.1) is 29.4 Å². The molecule has 0 amide bonds. The minimum absolute atomic E-state index is 0.0665. The Labute approximate surface area is 263 Å². The average Bonchev–Trinajstić information content (AvgIpc) is 3.54. The molecule has 5 rings (SSSR count). The highest BCUT2D eigenvalue weighted by Crippen LogP contribution is 2.43. The maximum Gasteiger partial charge on any atom is 0.338 e. The number of methoxy groups -OCH3 is 1. The van der Waals surface area contributed by atoms with Gasteiger partial charge >= 0.3 is 11.9 Å². The third-order valence-corrected chi connectivity index (χ3v) is 12.2. The van der Waals surface area contributed by atoms with Gasteiger partial charge in [0.1, 0.15) is 6.04 Å². The number of piperidine rings is 1. The molecule has 1 aromatic carbocycles. The van der Waals surface area contributed by atoms with E-state index in [2.05, 4.69) is 15.3 Å². The number of rotatable bonds is 8. The van der Waals surface area contributed by atoms with Gasteiger partial charge in [-0.2, -0.15) is 0 Å². The van der Waals surface area contributed by atoms with Crippen molar-refractivity contribution in [2.24, 2.45) is 22.2 Å². The fourth-order valence-corrected chi connectivity index (χ4v) is 9.27. The van der Waals surface area contributed by atoms with Crippen molar-refractivity contribution in [1.29, 1.82) is 0 Å². The van der Waals surface area contributed by atoms with Crippen LogP contribution in [0, 0.1) is 28.9 Å². The number of aromatic nitrogens is 1. The highest BCUT2D eigenvalue weighted by Gasteiger charge is 2.42. The number of esters is 1. The molecule has 1 aromatic heterocycles. The molecule has 0 spiro atoms. The third-order valence-electron chi connectivity index (χ3n) is 8.80. The van der Waals surface area contributed by atoms with Gasteiger partial charge in [-0.1, -0.05) is 24.6 Å². The number of carbonyl (C=O) groups excluding carboxylic acids is 1. The SMILES string of the molecule is COC(=O)C1=C(C2CCN(S(=O)(=O)CC3(C)CCC(C(=O)O)CC3)CC2)NC(c2nccs2)=NC1c1ccc(F)c(F)c1Cl. The van der Waals surface area contributed by atoms with Crippen molar-refractivity contribution < 1.29 is 36.6 Å². The molecule has 1 atom stereocenters. The molecular weight excluding hydrogens is 638 g/mol. The number of amidine groups is 1. The Morgan fingerprint density at radius 2 is 1.89 bits per heavy atom. The Bertz CT molecular complexity index is 1600. The number of carboxylic acid groups (broad SMARTS) is 1. The lowest BCUT2D eigenvalue weighted by atomic mass is 9.73. The molecule has 1 unspecified atom stereocenters. The molecule has 1 saturated heterocycles. The van der Waals surface area contributed by atoms with Crippen LogP contribution < -0.4 is 5.32 Å². The number of ether oxygens (including phenoxy) is 1. The van der Waals surface area contributed by atoms with Crippen molar-refractivity contribution >= 4 is 50.7 Å². The smallest absolute Gasteiger partial charge is 0.338 e. The molecule has 1 saturated carbocycles. The Balaban J connectivity index is 1.42. The monoisotopic (exact) mass is 670 g/mol. The van der Waals surface area contributed by atoms with E-state index in [0.29, 0.717) is 55.1 Å². The second kappa shape index (κ2) is 12.8. The summed E-state index contributed by atoms with van der Waals surface area (Å²) in [7, 11) is -2.45. The first-order valence-corrected chi connectivity index (χ1v) is 17.1. The number of hydrogen-bond acceptors (Lipinski definition) is 9. The summed E-state index contributed by atoms with van der Waals surface area (Å²) >= 11 is 7.53. The number of aliphatic imine (C=N–C) groups is 1. The zero-order valence-corrected chi connectivity index (χ0v) is 26.6. The zero-order valence-electron chi connectivity index (χ0n) is 24.2. The number of nitrogens with one attached hydrogen (secondary N) is 1. The molecule has 0 radical (unpaired) electrons. The summed E-state index contributed by atoms with van der Waals surface area (Å²) in [5, 5.41) is 14.3. The molecule has 2 N–H and O–H groups in total. The molecule has 2 fully saturated rings. The zero-order chi connectivity index (χ0) is 31.8. The Hall–Kier alpha value is -2.94. The highest BCUT2D eigenvalue weighted by atomic mass is 35.5. The van der Waals surface area contributed by atoms with E-state index in [1.807, 2.05) is 6.92 Å². The van der Waals surface area contributed by atoms with E-state index in [4.69, 9.17) is 16.3 Å². The van der Waals surface area contributed by atoms with E-state index in [9.17, 15) is 31.9 Å². The predicted molar refractivity (Wildman–Crippen MR) is 161 cm³/mol. The van der Waals surface area contributed by atoms with E-state index in [-0.39, 0.29) is 35.9 Å². The number of aliphatic carboxylic acids is 1. The van der Waals surface area contributed by atoms with Crippen molar-refractivity contribution in [3.63, 3.8) is 0 Å². The number of carbonyl (C=O) groups is 2. The normalized spacial score (nSPS) is 25.3. The molecule has 0 bridgehead atoms. The minimum atomic E-state index is -3.65. The number of sulfonamides is 1. The Morgan fingerprint density at radius 3 is 2.48 bits per heavy atom. The van der Waals surface area contributed by atoms with Crippen LogP contribution in [0.15, 0.2) is 40.0 Å². The molecular formula is C29H33ClF2N4O6S2. The maximum absolute atomic E-state index is 14.6. The fraction of sp³-hybridized carbons (Fsp3) is 0.517. The molecule has 10 nitrogen and oxygen atoms in total. The van der Waals surface area contributed by atoms with Crippen LogP contribution in [-0.2, 0) is 24.3 Å². The topological polar surface area (TPSA) is 138 Å². The summed E-state index contributed by atoms with van der Waals surface area (Å²) < 4.78 is 62.2. The molecule has 238 valence electrons. The first-order chi connectivity index (χ1) is 20.8. The third kappa shape index (κ3) is 6.53. The number of allylic oxidation sites excluding steroid dienone is 1. The van der Waals surface area contributed by atoms with Gasteiger partial charge < -0.3 is 15.2 Å². The number of thiazole rings is 1. The van der Waals surface area contributed by atoms with Crippen molar-refractivity contribution in [2.75, 3.05) is 26.0 Å². The van der Waals surface area contributed by atoms with E-state index >= 15 is 0 Å². The second-order valence-corrected chi connectivity index (χ2v) is 15.0. The van der Waals surface area contributed by atoms with Crippen LogP contribution >= 0.6 is 22.9 Å². The lowest BCUT2D eigenvalue weighted by Crippen LogP contribution is -2.46. The van der Waals surface area contributed by atoms with E-state index in [1.54, 1.807) is 11.6 Å². The summed E-state index contributed by atoms with van der Waals surface area (Å²) in [5.74, 6) is -4.50. The Morgan fingerprint density at radius 1 is 1.20 bits per heavy atom. The Kier molecular flexibility index (Phi) is 9.45. The summed E-state index contributed by atoms with van der Waals surface area (Å²) in [6, 6.07) is 1.06. The standard InChI is InChI=1S/C29H33ClF2N4O6S2/c1-29(9-5-17(6-10-29)27(37)38)15-44(40,41)36-12-7-16(8-13-36)23-20(28(39)42-2)24(18-3-4-19(31)22(32)21(18)30)35-25(34-23)26-33-11-14-43-26/h3-4,11,14,16-17,24H,5-10,12-13,15H2,1-2H3,(H,34,35)(H,37,38). The lowest BCUT2D eigenvalue weighted by molar-refractivity contribution is -0.143. The quantitative estimate of drug-likeness (QED) is 0.298. The number of hydrogen-bond donors (Lipinski definition) is 2. The minimum Gasteiger partial charge on any atom is -0.481 e. The summed E-state index contributed by atoms with van der Waals surface area (Å²) in [6.45, 7) is 2.29. The average molecular weight is 671 g/mol. The molecule has 1 aliphatic carbocycles. The van der Waals surface area contributed by atoms with E-state index in [0.717, 1.165) is 6.07 Å². The van der Waals surface area contributed by atoms with Crippen molar-refractivity contribution in [3.05, 3.63) is 62.2 Å². The lowest BCUT2D eigenvalue weighted by Gasteiger charge is -2.39. The van der Waals surface area contributed by atoms with Gasteiger partial charge in [0.2, 0.25) is 10.0 Å². The van der Waals surface area contributed by atoms with Crippen LogP contribution in [0.1, 0.15) is 62.1 Å². The van der Waals surface area contributed by atoms with Gasteiger partial charge in [0.25, 0.3) is 0 Å². The predicted octanol–water partition coefficient (Wildman–Crippen LogP) is 4.92. The van der Waals surface area contributed by atoms with Crippen LogP contribution in [0.3, 0.4) is 0 Å². The second-order valence-electron chi connectivity index (χ2n) is 11.8. The highest BCUT2D eigenvalue weighted by molar-refractivity contribution is 7.89. The van der Waals surface area contributed by atoms with Crippen LogP contribution in [-0.4, -0.2) is 66.5 Å². The van der Waals surface area contributed by atoms with Crippen LogP contribution in [0.4, 0.5) is 8.78 Å². The molecule has 15 heteroatoms. The summed E-state index contributed by atoms with van der Waals surface area (Å²) in [4.78, 5) is 33.6. The van der Waals surface area contributed by atoms with Gasteiger partial charge in [-0.3, -0.25) is 9.79 Å². The van der Waals surface area contributed by atoms with Crippen LogP contribution in [0.25, 0.3) is 0 Å². The number of halogens is 3. The van der Waals surface area contributed by atoms with Gasteiger partial charge in [-0.05, 0) is 50.0 Å². The maximum atomic E-state index is 14.6.